The van der Waals surface area contributed by atoms with Gasteiger partial charge < -0.3 is 9.72 Å². The van der Waals surface area contributed by atoms with E-state index >= 15 is 0 Å². The number of rotatable bonds is 2. The van der Waals surface area contributed by atoms with Crippen LogP contribution in [0.25, 0.3) is 10.9 Å². The lowest BCUT2D eigenvalue weighted by Gasteiger charge is -2.07. The van der Waals surface area contributed by atoms with E-state index in [0.29, 0.717) is 5.52 Å². The molecule has 0 aliphatic heterocycles. The van der Waals surface area contributed by atoms with Crippen molar-refractivity contribution in [1.29, 1.82) is 0 Å². The second-order valence-electron chi connectivity index (χ2n) is 3.66. The molecule has 7 heteroatoms. The van der Waals surface area contributed by atoms with Crippen molar-refractivity contribution in [2.75, 3.05) is 6.61 Å². The third-order valence-electron chi connectivity index (χ3n) is 2.50. The average Bonchev–Trinajstić information content (AvgIpc) is 2.36. The van der Waals surface area contributed by atoms with Crippen molar-refractivity contribution in [3.8, 4) is 0 Å². The van der Waals surface area contributed by atoms with Crippen LogP contribution in [0.15, 0.2) is 17.1 Å². The molecule has 0 saturated heterocycles. The molecule has 2 rings (SSSR count). The van der Waals surface area contributed by atoms with Crippen LogP contribution in [-0.2, 0) is 4.74 Å². The first-order chi connectivity index (χ1) is 8.97. The number of ether oxygens (including phenoxy) is 1. The zero-order chi connectivity index (χ0) is 14.2. The Morgan fingerprint density at radius 2 is 2.00 bits per heavy atom. The molecule has 1 N–H and O–H groups in total. The van der Waals surface area contributed by atoms with Gasteiger partial charge in [-0.25, -0.2) is 4.79 Å². The normalized spacial score (nSPS) is 10.7. The number of halogens is 3. The number of benzene rings is 1. The van der Waals surface area contributed by atoms with Crippen LogP contribution in [0.5, 0.6) is 0 Å². The highest BCUT2D eigenvalue weighted by atomic mass is 35.5. The third-order valence-corrected chi connectivity index (χ3v) is 3.58. The molecule has 0 radical (unpaired) electrons. The number of nitrogens with one attached hydrogen (secondary N) is 1. The van der Waals surface area contributed by atoms with E-state index in [-0.39, 0.29) is 32.6 Å². The van der Waals surface area contributed by atoms with Gasteiger partial charge >= 0.3 is 5.97 Å². The number of aromatic amines is 1. The molecular formula is C12H8Cl3NO3. The van der Waals surface area contributed by atoms with Crippen molar-refractivity contribution < 1.29 is 9.53 Å². The minimum atomic E-state index is -0.724. The Morgan fingerprint density at radius 3 is 2.63 bits per heavy atom. The van der Waals surface area contributed by atoms with Gasteiger partial charge in [0.05, 0.1) is 32.6 Å². The fourth-order valence-electron chi connectivity index (χ4n) is 1.65. The second-order valence-corrected chi connectivity index (χ2v) is 4.85. The SMILES string of the molecule is CCOC(=O)c1c[nH]c2c(Cl)cc(Cl)c(Cl)c2c1=O. The van der Waals surface area contributed by atoms with Gasteiger partial charge in [0.25, 0.3) is 0 Å². The molecule has 0 aliphatic carbocycles. The van der Waals surface area contributed by atoms with E-state index in [1.54, 1.807) is 6.92 Å². The van der Waals surface area contributed by atoms with Gasteiger partial charge in [-0.05, 0) is 13.0 Å². The molecule has 100 valence electrons. The van der Waals surface area contributed by atoms with Crippen LogP contribution in [0.3, 0.4) is 0 Å². The van der Waals surface area contributed by atoms with Crippen molar-refractivity contribution in [2.24, 2.45) is 0 Å². The summed E-state index contributed by atoms with van der Waals surface area (Å²) in [4.78, 5) is 26.6. The molecule has 0 spiro atoms. The summed E-state index contributed by atoms with van der Waals surface area (Å²) in [6, 6.07) is 1.42. The van der Waals surface area contributed by atoms with Crippen molar-refractivity contribution in [3.05, 3.63) is 43.1 Å². The smallest absolute Gasteiger partial charge is 0.343 e. The highest BCUT2D eigenvalue weighted by molar-refractivity contribution is 6.47. The lowest BCUT2D eigenvalue weighted by atomic mass is 10.1. The molecule has 0 saturated carbocycles. The van der Waals surface area contributed by atoms with Gasteiger partial charge in [-0.1, -0.05) is 34.8 Å². The molecule has 0 atom stereocenters. The molecule has 0 bridgehead atoms. The second kappa shape index (κ2) is 5.41. The van der Waals surface area contributed by atoms with E-state index < -0.39 is 11.4 Å². The molecule has 2 aromatic rings. The lowest BCUT2D eigenvalue weighted by Crippen LogP contribution is -2.18. The largest absolute Gasteiger partial charge is 0.462 e. The Kier molecular flexibility index (Phi) is 4.04. The number of H-pyrrole nitrogens is 1. The molecule has 1 aromatic heterocycles. The van der Waals surface area contributed by atoms with Gasteiger partial charge in [0.1, 0.15) is 5.56 Å². The molecule has 0 fully saturated rings. The number of carbonyl (C=O) groups excluding carboxylic acids is 1. The summed E-state index contributed by atoms with van der Waals surface area (Å²) >= 11 is 17.8. The van der Waals surface area contributed by atoms with E-state index in [0.717, 1.165) is 0 Å². The molecule has 0 amide bonds. The zero-order valence-corrected chi connectivity index (χ0v) is 12.0. The number of pyridine rings is 1. The Bertz CT molecular complexity index is 724. The van der Waals surface area contributed by atoms with Gasteiger partial charge in [-0.3, -0.25) is 4.79 Å². The topological polar surface area (TPSA) is 59.2 Å². The summed E-state index contributed by atoms with van der Waals surface area (Å²) in [6.45, 7) is 1.81. The van der Waals surface area contributed by atoms with Crippen LogP contribution in [0.1, 0.15) is 17.3 Å². The standard InChI is InChI=1S/C12H8Cl3NO3/c1-2-19-12(18)5-4-16-10-7(14)3-6(13)9(15)8(10)11(5)17/h3-4H,2H2,1H3,(H,16,17). The van der Waals surface area contributed by atoms with Crippen LogP contribution >= 0.6 is 34.8 Å². The first kappa shape index (κ1) is 14.2. The Morgan fingerprint density at radius 1 is 1.32 bits per heavy atom. The fourth-order valence-corrected chi connectivity index (χ4v) is 2.41. The lowest BCUT2D eigenvalue weighted by molar-refractivity contribution is 0.0524. The fraction of sp³-hybridized carbons (Fsp3) is 0.167. The Labute approximate surface area is 123 Å². The molecule has 1 aromatic carbocycles. The highest BCUT2D eigenvalue weighted by Crippen LogP contribution is 2.33. The summed E-state index contributed by atoms with van der Waals surface area (Å²) < 4.78 is 4.79. The van der Waals surface area contributed by atoms with Crippen molar-refractivity contribution in [2.45, 2.75) is 6.92 Å². The summed E-state index contributed by atoms with van der Waals surface area (Å²) in [5.74, 6) is -0.724. The van der Waals surface area contributed by atoms with Crippen molar-refractivity contribution in [3.63, 3.8) is 0 Å². The van der Waals surface area contributed by atoms with E-state index in [1.165, 1.54) is 12.3 Å². The van der Waals surface area contributed by atoms with Gasteiger partial charge in [0.15, 0.2) is 0 Å². The zero-order valence-electron chi connectivity index (χ0n) is 9.72. The van der Waals surface area contributed by atoms with Crippen LogP contribution in [-0.4, -0.2) is 17.6 Å². The first-order valence-electron chi connectivity index (χ1n) is 5.33. The number of carbonyl (C=O) groups is 1. The molecule has 0 unspecified atom stereocenters. The number of esters is 1. The maximum Gasteiger partial charge on any atom is 0.343 e. The van der Waals surface area contributed by atoms with E-state index in [9.17, 15) is 9.59 Å². The van der Waals surface area contributed by atoms with Crippen molar-refractivity contribution in [1.82, 2.24) is 4.98 Å². The third kappa shape index (κ3) is 2.43. The maximum absolute atomic E-state index is 12.2. The van der Waals surface area contributed by atoms with Gasteiger partial charge in [0.2, 0.25) is 5.43 Å². The Hall–Kier alpha value is -1.23. The average molecular weight is 321 g/mol. The highest BCUT2D eigenvalue weighted by Gasteiger charge is 2.18. The number of fused-ring (bicyclic) bond motifs is 1. The van der Waals surface area contributed by atoms with Crippen LogP contribution in [0.4, 0.5) is 0 Å². The number of hydrogen-bond donors (Lipinski definition) is 1. The van der Waals surface area contributed by atoms with Crippen molar-refractivity contribution >= 4 is 51.7 Å². The van der Waals surface area contributed by atoms with Crippen LogP contribution in [0, 0.1) is 0 Å². The Balaban J connectivity index is 2.82. The summed E-state index contributed by atoms with van der Waals surface area (Å²) in [5, 5.41) is 0.515. The summed E-state index contributed by atoms with van der Waals surface area (Å²) in [6.07, 6.45) is 1.25. The molecule has 0 aliphatic rings. The van der Waals surface area contributed by atoms with Gasteiger partial charge in [0, 0.05) is 6.20 Å². The van der Waals surface area contributed by atoms with Crippen LogP contribution in [0.2, 0.25) is 15.1 Å². The molecule has 1 heterocycles. The first-order valence-corrected chi connectivity index (χ1v) is 6.46. The summed E-state index contributed by atoms with van der Waals surface area (Å²) in [5.41, 5.74) is -0.384. The van der Waals surface area contributed by atoms with Gasteiger partial charge in [-0.15, -0.1) is 0 Å². The minimum Gasteiger partial charge on any atom is -0.462 e. The van der Waals surface area contributed by atoms with E-state index in [2.05, 4.69) is 4.98 Å². The number of aromatic nitrogens is 1. The minimum absolute atomic E-state index is 0.0495. The predicted octanol–water partition coefficient (Wildman–Crippen LogP) is 3.67. The molecular weight excluding hydrogens is 312 g/mol. The molecule has 19 heavy (non-hydrogen) atoms. The summed E-state index contributed by atoms with van der Waals surface area (Å²) in [7, 11) is 0. The van der Waals surface area contributed by atoms with Crippen LogP contribution < -0.4 is 5.43 Å². The monoisotopic (exact) mass is 319 g/mol. The molecule has 4 nitrogen and oxygen atoms in total. The maximum atomic E-state index is 12.2. The number of hydrogen-bond acceptors (Lipinski definition) is 3. The van der Waals surface area contributed by atoms with E-state index in [1.807, 2.05) is 0 Å². The van der Waals surface area contributed by atoms with E-state index in [4.69, 9.17) is 39.5 Å². The van der Waals surface area contributed by atoms with Gasteiger partial charge in [-0.2, -0.15) is 0 Å². The predicted molar refractivity (Wildman–Crippen MR) is 75.6 cm³/mol. The quantitative estimate of drug-likeness (QED) is 0.678.